The smallest absolute Gasteiger partial charge is 0.225 e. The van der Waals surface area contributed by atoms with Crippen molar-refractivity contribution in [3.8, 4) is 5.88 Å². The van der Waals surface area contributed by atoms with Crippen molar-refractivity contribution in [3.63, 3.8) is 0 Å². The van der Waals surface area contributed by atoms with Crippen molar-refractivity contribution < 1.29 is 5.11 Å². The van der Waals surface area contributed by atoms with E-state index in [4.69, 9.17) is 5.11 Å². The molecule has 0 radical (unpaired) electrons. The summed E-state index contributed by atoms with van der Waals surface area (Å²) >= 11 is 1.27. The molecule has 0 aliphatic heterocycles. The molecule has 0 saturated carbocycles. The van der Waals surface area contributed by atoms with Gasteiger partial charge in [0.05, 0.1) is 0 Å². The van der Waals surface area contributed by atoms with Gasteiger partial charge in [0, 0.05) is 10.9 Å². The lowest BCUT2D eigenvalue weighted by molar-refractivity contribution is 0.456. The summed E-state index contributed by atoms with van der Waals surface area (Å²) < 4.78 is 3.61. The van der Waals surface area contributed by atoms with E-state index in [2.05, 4.69) is 4.37 Å². The number of hydrogen-bond donors (Lipinski definition) is 1. The standard InChI is InChI=1S/C4H5NOS/c1-3-2-7-5-4(3)6/h2H,1H3,(H,5,6). The molecule has 2 nitrogen and oxygen atoms in total. The Kier molecular flexibility index (Phi) is 0.982. The van der Waals surface area contributed by atoms with Crippen LogP contribution in [0.25, 0.3) is 0 Å². The molecule has 0 aliphatic carbocycles. The van der Waals surface area contributed by atoms with E-state index in [1.54, 1.807) is 5.38 Å². The number of nitrogens with zero attached hydrogens (tertiary/aromatic N) is 1. The minimum Gasteiger partial charge on any atom is -0.492 e. The van der Waals surface area contributed by atoms with Crippen LogP contribution in [0.4, 0.5) is 0 Å². The molecule has 1 heterocycles. The highest BCUT2D eigenvalue weighted by molar-refractivity contribution is 7.03. The fourth-order valence-electron chi connectivity index (χ4n) is 0.280. The van der Waals surface area contributed by atoms with Crippen LogP contribution in [0.5, 0.6) is 5.88 Å². The molecule has 0 aliphatic rings. The lowest BCUT2D eigenvalue weighted by atomic mass is 10.4. The van der Waals surface area contributed by atoms with Gasteiger partial charge in [0.25, 0.3) is 0 Å². The highest BCUT2D eigenvalue weighted by Gasteiger charge is 1.92. The van der Waals surface area contributed by atoms with Crippen LogP contribution in [0.3, 0.4) is 0 Å². The van der Waals surface area contributed by atoms with E-state index >= 15 is 0 Å². The van der Waals surface area contributed by atoms with Crippen molar-refractivity contribution in [1.29, 1.82) is 0 Å². The molecular formula is C4H5NOS. The van der Waals surface area contributed by atoms with Crippen LogP contribution in [0.1, 0.15) is 5.56 Å². The van der Waals surface area contributed by atoms with Crippen molar-refractivity contribution in [3.05, 3.63) is 10.9 Å². The number of rotatable bonds is 0. The summed E-state index contributed by atoms with van der Waals surface area (Å²) in [6.07, 6.45) is 0. The first kappa shape index (κ1) is 4.59. The lowest BCUT2D eigenvalue weighted by Crippen LogP contribution is -1.61. The van der Waals surface area contributed by atoms with Crippen molar-refractivity contribution >= 4 is 11.5 Å². The second kappa shape index (κ2) is 1.50. The average molecular weight is 115 g/mol. The van der Waals surface area contributed by atoms with Gasteiger partial charge < -0.3 is 5.11 Å². The minimum atomic E-state index is 0.157. The molecule has 0 atom stereocenters. The summed E-state index contributed by atoms with van der Waals surface area (Å²) in [7, 11) is 0. The predicted octanol–water partition coefficient (Wildman–Crippen LogP) is 1.16. The summed E-state index contributed by atoms with van der Waals surface area (Å²) in [5.41, 5.74) is 0.852. The quantitative estimate of drug-likeness (QED) is 0.550. The summed E-state index contributed by atoms with van der Waals surface area (Å²) in [5, 5.41) is 10.5. The van der Waals surface area contributed by atoms with Gasteiger partial charge in [-0.1, -0.05) is 0 Å². The Morgan fingerprint density at radius 2 is 2.57 bits per heavy atom. The Morgan fingerprint density at radius 1 is 1.86 bits per heavy atom. The summed E-state index contributed by atoms with van der Waals surface area (Å²) in [5.74, 6) is 0.157. The average Bonchev–Trinajstić information content (AvgIpc) is 1.91. The molecule has 1 aromatic rings. The Morgan fingerprint density at radius 3 is 2.71 bits per heavy atom. The van der Waals surface area contributed by atoms with E-state index in [9.17, 15) is 0 Å². The second-order valence-corrected chi connectivity index (χ2v) is 1.95. The van der Waals surface area contributed by atoms with Crippen LogP contribution < -0.4 is 0 Å². The van der Waals surface area contributed by atoms with Gasteiger partial charge in [-0.25, -0.2) is 0 Å². The van der Waals surface area contributed by atoms with Gasteiger partial charge in [0.2, 0.25) is 5.88 Å². The molecule has 1 N–H and O–H groups in total. The van der Waals surface area contributed by atoms with E-state index < -0.39 is 0 Å². The van der Waals surface area contributed by atoms with Crippen LogP contribution in [0.2, 0.25) is 0 Å². The Hall–Kier alpha value is -0.570. The van der Waals surface area contributed by atoms with Gasteiger partial charge in [0.1, 0.15) is 0 Å². The Bertz CT molecular complexity index is 144. The molecule has 38 valence electrons. The maximum atomic E-state index is 8.66. The van der Waals surface area contributed by atoms with Gasteiger partial charge >= 0.3 is 0 Å². The van der Waals surface area contributed by atoms with Gasteiger partial charge in [-0.15, -0.1) is 0 Å². The van der Waals surface area contributed by atoms with Crippen molar-refractivity contribution in [2.24, 2.45) is 0 Å². The normalized spacial score (nSPS) is 9.29. The van der Waals surface area contributed by atoms with Crippen LogP contribution in [-0.4, -0.2) is 9.48 Å². The zero-order valence-electron chi connectivity index (χ0n) is 3.88. The highest BCUT2D eigenvalue weighted by atomic mass is 32.1. The maximum absolute atomic E-state index is 8.66. The van der Waals surface area contributed by atoms with Crippen LogP contribution in [0, 0.1) is 6.92 Å². The van der Waals surface area contributed by atoms with Gasteiger partial charge in [-0.3, -0.25) is 0 Å². The predicted molar refractivity (Wildman–Crippen MR) is 28.5 cm³/mol. The van der Waals surface area contributed by atoms with Crippen molar-refractivity contribution in [2.75, 3.05) is 0 Å². The third-order valence-corrected chi connectivity index (χ3v) is 1.46. The zero-order valence-corrected chi connectivity index (χ0v) is 4.70. The molecule has 0 aromatic carbocycles. The molecule has 7 heavy (non-hydrogen) atoms. The summed E-state index contributed by atoms with van der Waals surface area (Å²) in [6.45, 7) is 1.82. The Labute approximate surface area is 45.6 Å². The van der Waals surface area contributed by atoms with E-state index in [1.165, 1.54) is 11.5 Å². The monoisotopic (exact) mass is 115 g/mol. The van der Waals surface area contributed by atoms with Crippen molar-refractivity contribution in [1.82, 2.24) is 4.37 Å². The molecule has 0 bridgehead atoms. The van der Waals surface area contributed by atoms with E-state index in [0.29, 0.717) is 0 Å². The number of aromatic hydroxyl groups is 1. The topological polar surface area (TPSA) is 33.1 Å². The van der Waals surface area contributed by atoms with Gasteiger partial charge in [-0.2, -0.15) is 4.37 Å². The van der Waals surface area contributed by atoms with E-state index in [1.807, 2.05) is 6.92 Å². The molecule has 0 unspecified atom stereocenters. The molecule has 0 saturated heterocycles. The maximum Gasteiger partial charge on any atom is 0.225 e. The molecule has 0 amide bonds. The molecule has 3 heteroatoms. The van der Waals surface area contributed by atoms with Crippen LogP contribution in [0.15, 0.2) is 5.38 Å². The molecule has 0 fully saturated rings. The van der Waals surface area contributed by atoms with Crippen molar-refractivity contribution in [2.45, 2.75) is 6.92 Å². The van der Waals surface area contributed by atoms with Crippen LogP contribution >= 0.6 is 11.5 Å². The molecule has 0 spiro atoms. The second-order valence-electron chi connectivity index (χ2n) is 1.32. The largest absolute Gasteiger partial charge is 0.492 e. The fraction of sp³-hybridized carbons (Fsp3) is 0.250. The third-order valence-electron chi connectivity index (χ3n) is 0.721. The molecule has 1 aromatic heterocycles. The lowest BCUT2D eigenvalue weighted by Gasteiger charge is -1.77. The van der Waals surface area contributed by atoms with Gasteiger partial charge in [0.15, 0.2) is 0 Å². The van der Waals surface area contributed by atoms with Crippen LogP contribution in [-0.2, 0) is 0 Å². The Balaban J connectivity index is 3.12. The van der Waals surface area contributed by atoms with E-state index in [0.717, 1.165) is 5.56 Å². The third kappa shape index (κ3) is 0.718. The fourth-order valence-corrected chi connectivity index (χ4v) is 0.840. The first-order chi connectivity index (χ1) is 3.30. The number of aryl methyl sites for hydroxylation is 1. The SMILES string of the molecule is Cc1csnc1O. The first-order valence-electron chi connectivity index (χ1n) is 1.90. The summed E-state index contributed by atoms with van der Waals surface area (Å²) in [4.78, 5) is 0. The highest BCUT2D eigenvalue weighted by Crippen LogP contribution is 2.13. The minimum absolute atomic E-state index is 0.157. The van der Waals surface area contributed by atoms with Gasteiger partial charge in [-0.05, 0) is 18.5 Å². The molecule has 1 rings (SSSR count). The van der Waals surface area contributed by atoms with E-state index in [-0.39, 0.29) is 5.88 Å². The molecular weight excluding hydrogens is 110 g/mol. The zero-order chi connectivity index (χ0) is 5.28. The summed E-state index contributed by atoms with van der Waals surface area (Å²) in [6, 6.07) is 0. The first-order valence-corrected chi connectivity index (χ1v) is 2.74. The number of aromatic nitrogens is 1. The number of hydrogen-bond acceptors (Lipinski definition) is 3.